The van der Waals surface area contributed by atoms with Crippen molar-refractivity contribution in [3.63, 3.8) is 0 Å². The number of hydrogen-bond acceptors (Lipinski definition) is 3. The third kappa shape index (κ3) is 8.73. The van der Waals surface area contributed by atoms with Gasteiger partial charge in [-0.3, -0.25) is 4.99 Å². The number of aliphatic imine (C=N–C) groups is 1. The van der Waals surface area contributed by atoms with Crippen LogP contribution in [0.2, 0.25) is 0 Å². The lowest BCUT2D eigenvalue weighted by atomic mass is 10.1. The number of hydrogen-bond donors (Lipinski definition) is 2. The van der Waals surface area contributed by atoms with Crippen molar-refractivity contribution in [1.29, 1.82) is 0 Å². The first kappa shape index (κ1) is 23.0. The SMILES string of the molecule is CCCCCCNC(N)=NCC(c1cccc(OC)c1)N(C)C.I. The van der Waals surface area contributed by atoms with E-state index < -0.39 is 0 Å². The summed E-state index contributed by atoms with van der Waals surface area (Å²) in [5.41, 5.74) is 7.14. The average molecular weight is 448 g/mol. The van der Waals surface area contributed by atoms with Crippen molar-refractivity contribution < 1.29 is 4.74 Å². The van der Waals surface area contributed by atoms with Crippen LogP contribution in [0.1, 0.15) is 44.2 Å². The van der Waals surface area contributed by atoms with Gasteiger partial charge in [-0.2, -0.15) is 0 Å². The topological polar surface area (TPSA) is 62.9 Å². The minimum atomic E-state index is 0. The number of halogens is 1. The molecule has 0 aliphatic rings. The molecule has 0 spiro atoms. The van der Waals surface area contributed by atoms with Crippen LogP contribution in [0.25, 0.3) is 0 Å². The molecule has 138 valence electrons. The number of likely N-dealkylation sites (N-methyl/N-ethyl adjacent to an activating group) is 1. The molecular formula is C18H33IN4O. The van der Waals surface area contributed by atoms with E-state index in [-0.39, 0.29) is 30.0 Å². The van der Waals surface area contributed by atoms with Crippen LogP contribution in [-0.4, -0.2) is 45.2 Å². The van der Waals surface area contributed by atoms with Crippen LogP contribution in [-0.2, 0) is 0 Å². The molecule has 0 aliphatic heterocycles. The number of unbranched alkanes of at least 4 members (excludes halogenated alkanes) is 3. The van der Waals surface area contributed by atoms with Gasteiger partial charge in [0.2, 0.25) is 0 Å². The van der Waals surface area contributed by atoms with Gasteiger partial charge in [-0.15, -0.1) is 24.0 Å². The zero-order valence-electron chi connectivity index (χ0n) is 15.4. The summed E-state index contributed by atoms with van der Waals surface area (Å²) in [7, 11) is 5.78. The molecule has 3 N–H and O–H groups in total. The molecule has 1 aromatic rings. The number of ether oxygens (including phenoxy) is 1. The zero-order chi connectivity index (χ0) is 17.1. The standard InChI is InChI=1S/C18H32N4O.HI/c1-5-6-7-8-12-20-18(19)21-14-17(22(2)3)15-10-9-11-16(13-15)23-4;/h9-11,13,17H,5-8,12,14H2,1-4H3,(H3,19,20,21);1H. The monoisotopic (exact) mass is 448 g/mol. The van der Waals surface area contributed by atoms with Crippen LogP contribution >= 0.6 is 24.0 Å². The second-order valence-electron chi connectivity index (χ2n) is 5.97. The Bertz CT molecular complexity index is 480. The van der Waals surface area contributed by atoms with Crippen LogP contribution in [0.15, 0.2) is 29.3 Å². The molecule has 1 atom stereocenters. The lowest BCUT2D eigenvalue weighted by Gasteiger charge is -2.23. The highest BCUT2D eigenvalue weighted by Crippen LogP contribution is 2.22. The molecule has 0 fully saturated rings. The van der Waals surface area contributed by atoms with Gasteiger partial charge in [0.1, 0.15) is 5.75 Å². The number of rotatable bonds is 10. The molecule has 0 saturated carbocycles. The van der Waals surface area contributed by atoms with Gasteiger partial charge >= 0.3 is 0 Å². The Morgan fingerprint density at radius 2 is 2.04 bits per heavy atom. The minimum absolute atomic E-state index is 0. The molecule has 0 radical (unpaired) electrons. The van der Waals surface area contributed by atoms with Crippen LogP contribution in [0.4, 0.5) is 0 Å². The summed E-state index contributed by atoms with van der Waals surface area (Å²) in [5.74, 6) is 1.39. The van der Waals surface area contributed by atoms with E-state index in [1.165, 1.54) is 24.8 Å². The van der Waals surface area contributed by atoms with Gasteiger partial charge in [-0.25, -0.2) is 0 Å². The smallest absolute Gasteiger partial charge is 0.188 e. The van der Waals surface area contributed by atoms with Gasteiger partial charge in [0.15, 0.2) is 5.96 Å². The number of nitrogens with two attached hydrogens (primary N) is 1. The Hall–Kier alpha value is -1.02. The average Bonchev–Trinajstić information content (AvgIpc) is 2.54. The molecule has 5 nitrogen and oxygen atoms in total. The van der Waals surface area contributed by atoms with Gasteiger partial charge < -0.3 is 20.7 Å². The summed E-state index contributed by atoms with van der Waals surface area (Å²) in [5, 5.41) is 3.19. The van der Waals surface area contributed by atoms with Crippen LogP contribution < -0.4 is 15.8 Å². The van der Waals surface area contributed by atoms with Crippen LogP contribution in [0.5, 0.6) is 5.75 Å². The predicted octanol–water partition coefficient (Wildman–Crippen LogP) is 3.40. The fourth-order valence-corrected chi connectivity index (χ4v) is 2.42. The van der Waals surface area contributed by atoms with Gasteiger partial charge in [-0.1, -0.05) is 38.3 Å². The Kier molecular flexibility index (Phi) is 12.7. The summed E-state index contributed by atoms with van der Waals surface area (Å²) in [6, 6.07) is 8.27. The molecule has 0 bridgehead atoms. The molecule has 1 unspecified atom stereocenters. The maximum Gasteiger partial charge on any atom is 0.188 e. The van der Waals surface area contributed by atoms with Crippen molar-refractivity contribution in [2.45, 2.75) is 38.6 Å². The van der Waals surface area contributed by atoms with E-state index in [1.54, 1.807) is 7.11 Å². The Balaban J connectivity index is 0.00000529. The fraction of sp³-hybridized carbons (Fsp3) is 0.611. The van der Waals surface area contributed by atoms with E-state index in [0.717, 1.165) is 18.7 Å². The normalized spacial score (nSPS) is 12.6. The van der Waals surface area contributed by atoms with Crippen molar-refractivity contribution >= 4 is 29.9 Å². The number of benzene rings is 1. The molecule has 0 amide bonds. The fourth-order valence-electron chi connectivity index (χ4n) is 2.42. The van der Waals surface area contributed by atoms with Crippen LogP contribution in [0, 0.1) is 0 Å². The van der Waals surface area contributed by atoms with E-state index in [1.807, 2.05) is 26.2 Å². The Labute approximate surface area is 164 Å². The maximum absolute atomic E-state index is 5.97. The summed E-state index contributed by atoms with van der Waals surface area (Å²) in [6.45, 7) is 3.72. The molecule has 0 heterocycles. The predicted molar refractivity (Wildman–Crippen MR) is 113 cm³/mol. The number of nitrogens with one attached hydrogen (secondary N) is 1. The third-order valence-corrected chi connectivity index (χ3v) is 3.87. The van der Waals surface area contributed by atoms with Gasteiger partial charge in [-0.05, 0) is 38.2 Å². The first-order valence-corrected chi connectivity index (χ1v) is 8.42. The third-order valence-electron chi connectivity index (χ3n) is 3.87. The van der Waals surface area contributed by atoms with Gasteiger partial charge in [0.25, 0.3) is 0 Å². The zero-order valence-corrected chi connectivity index (χ0v) is 17.7. The number of methoxy groups -OCH3 is 1. The Morgan fingerprint density at radius 3 is 2.67 bits per heavy atom. The lowest BCUT2D eigenvalue weighted by Crippen LogP contribution is -2.33. The second kappa shape index (κ2) is 13.3. The van der Waals surface area contributed by atoms with Crippen molar-refractivity contribution in [3.05, 3.63) is 29.8 Å². The summed E-state index contributed by atoms with van der Waals surface area (Å²) < 4.78 is 5.30. The molecule has 6 heteroatoms. The summed E-state index contributed by atoms with van der Waals surface area (Å²) in [6.07, 6.45) is 4.89. The molecule has 0 aliphatic carbocycles. The summed E-state index contributed by atoms with van der Waals surface area (Å²) >= 11 is 0. The molecular weight excluding hydrogens is 415 g/mol. The van der Waals surface area contributed by atoms with E-state index in [4.69, 9.17) is 10.5 Å². The quantitative estimate of drug-likeness (QED) is 0.249. The molecule has 0 aromatic heterocycles. The van der Waals surface area contributed by atoms with Crippen molar-refractivity contribution in [3.8, 4) is 5.75 Å². The highest BCUT2D eigenvalue weighted by molar-refractivity contribution is 14.0. The Morgan fingerprint density at radius 1 is 1.29 bits per heavy atom. The van der Waals surface area contributed by atoms with Crippen molar-refractivity contribution in [1.82, 2.24) is 10.2 Å². The second-order valence-corrected chi connectivity index (χ2v) is 5.97. The molecule has 1 rings (SSSR count). The van der Waals surface area contributed by atoms with E-state index in [9.17, 15) is 0 Å². The van der Waals surface area contributed by atoms with E-state index in [2.05, 4.69) is 34.3 Å². The first-order chi connectivity index (χ1) is 11.1. The lowest BCUT2D eigenvalue weighted by molar-refractivity contribution is 0.305. The van der Waals surface area contributed by atoms with E-state index >= 15 is 0 Å². The van der Waals surface area contributed by atoms with Gasteiger partial charge in [0.05, 0.1) is 19.7 Å². The highest BCUT2D eigenvalue weighted by atomic mass is 127. The number of nitrogens with zero attached hydrogens (tertiary/aromatic N) is 2. The summed E-state index contributed by atoms with van der Waals surface area (Å²) in [4.78, 5) is 6.64. The largest absolute Gasteiger partial charge is 0.497 e. The first-order valence-electron chi connectivity index (χ1n) is 8.42. The minimum Gasteiger partial charge on any atom is -0.497 e. The van der Waals surface area contributed by atoms with Crippen molar-refractivity contribution in [2.24, 2.45) is 10.7 Å². The number of guanidine groups is 1. The molecule has 0 saturated heterocycles. The molecule has 24 heavy (non-hydrogen) atoms. The highest BCUT2D eigenvalue weighted by Gasteiger charge is 2.14. The van der Waals surface area contributed by atoms with Crippen molar-refractivity contribution in [2.75, 3.05) is 34.3 Å². The van der Waals surface area contributed by atoms with E-state index in [0.29, 0.717) is 12.5 Å². The molecule has 1 aromatic carbocycles. The maximum atomic E-state index is 5.97. The van der Waals surface area contributed by atoms with Gasteiger partial charge in [0, 0.05) is 6.54 Å². The van der Waals surface area contributed by atoms with Crippen LogP contribution in [0.3, 0.4) is 0 Å².